The molecule has 0 aliphatic carbocycles. The molecule has 1 aromatic carbocycles. The normalized spacial score (nSPS) is 11.7. The Labute approximate surface area is 107 Å². The molecule has 98 valence electrons. The number of nitrogens with one attached hydrogen (secondary N) is 2. The van der Waals surface area contributed by atoms with E-state index in [2.05, 4.69) is 10.6 Å². The lowest BCUT2D eigenvalue weighted by molar-refractivity contribution is -0.126. The Morgan fingerprint density at radius 2 is 1.89 bits per heavy atom. The van der Waals surface area contributed by atoms with Crippen molar-refractivity contribution in [1.29, 1.82) is 0 Å². The number of benzene rings is 1. The molecule has 0 radical (unpaired) electrons. The zero-order valence-electron chi connectivity index (χ0n) is 10.5. The molecule has 0 saturated heterocycles. The third-order valence-corrected chi connectivity index (χ3v) is 2.43. The van der Waals surface area contributed by atoms with Gasteiger partial charge in [-0.15, -0.1) is 0 Å². The molecule has 1 aromatic rings. The van der Waals surface area contributed by atoms with Gasteiger partial charge in [0.1, 0.15) is 0 Å². The van der Waals surface area contributed by atoms with Crippen LogP contribution in [0.15, 0.2) is 30.3 Å². The van der Waals surface area contributed by atoms with Gasteiger partial charge >= 0.3 is 0 Å². The van der Waals surface area contributed by atoms with E-state index in [4.69, 9.17) is 5.73 Å². The van der Waals surface area contributed by atoms with Gasteiger partial charge in [-0.25, -0.2) is 0 Å². The van der Waals surface area contributed by atoms with Crippen LogP contribution in [0.5, 0.6) is 0 Å². The molecule has 0 aliphatic heterocycles. The number of carbonyl (C=O) groups excluding carboxylic acids is 2. The summed E-state index contributed by atoms with van der Waals surface area (Å²) in [6.07, 6.45) is 0.460. The minimum Gasteiger partial charge on any atom is -0.355 e. The van der Waals surface area contributed by atoms with Gasteiger partial charge in [0.2, 0.25) is 11.8 Å². The maximum Gasteiger partial charge on any atom is 0.239 e. The van der Waals surface area contributed by atoms with Gasteiger partial charge in [-0.05, 0) is 18.9 Å². The monoisotopic (exact) mass is 249 g/mol. The van der Waals surface area contributed by atoms with Gasteiger partial charge < -0.3 is 16.4 Å². The highest BCUT2D eigenvalue weighted by Gasteiger charge is 2.14. The molecule has 0 heterocycles. The van der Waals surface area contributed by atoms with Gasteiger partial charge in [0.15, 0.2) is 0 Å². The van der Waals surface area contributed by atoms with Gasteiger partial charge in [-0.1, -0.05) is 30.3 Å². The van der Waals surface area contributed by atoms with Gasteiger partial charge in [0.05, 0.1) is 12.6 Å². The first-order valence-corrected chi connectivity index (χ1v) is 5.97. The van der Waals surface area contributed by atoms with Gasteiger partial charge in [0, 0.05) is 6.54 Å². The van der Waals surface area contributed by atoms with Crippen LogP contribution in [0.1, 0.15) is 12.5 Å². The van der Waals surface area contributed by atoms with E-state index < -0.39 is 6.04 Å². The summed E-state index contributed by atoms with van der Waals surface area (Å²) in [7, 11) is 0. The average Bonchev–Trinajstić information content (AvgIpc) is 2.37. The molecule has 0 fully saturated rings. The predicted molar refractivity (Wildman–Crippen MR) is 69.8 cm³/mol. The Hall–Kier alpha value is -1.88. The minimum absolute atomic E-state index is 0.0326. The van der Waals surface area contributed by atoms with Gasteiger partial charge in [0.25, 0.3) is 0 Å². The zero-order chi connectivity index (χ0) is 13.4. The smallest absolute Gasteiger partial charge is 0.239 e. The van der Waals surface area contributed by atoms with Crippen molar-refractivity contribution in [3.63, 3.8) is 0 Å². The summed E-state index contributed by atoms with van der Waals surface area (Å²) in [6.45, 7) is 2.33. The fourth-order valence-electron chi connectivity index (χ4n) is 1.52. The fourth-order valence-corrected chi connectivity index (χ4v) is 1.52. The van der Waals surface area contributed by atoms with Crippen molar-refractivity contribution in [2.24, 2.45) is 5.73 Å². The van der Waals surface area contributed by atoms with E-state index in [-0.39, 0.29) is 18.4 Å². The molecule has 4 N–H and O–H groups in total. The quantitative estimate of drug-likeness (QED) is 0.653. The molecule has 0 unspecified atom stereocenters. The lowest BCUT2D eigenvalue weighted by Gasteiger charge is -2.12. The number of rotatable bonds is 6. The van der Waals surface area contributed by atoms with Crippen LogP contribution in [0.4, 0.5) is 0 Å². The van der Waals surface area contributed by atoms with Crippen molar-refractivity contribution < 1.29 is 9.59 Å². The highest BCUT2D eigenvalue weighted by Crippen LogP contribution is 2.01. The molecule has 0 bridgehead atoms. The molecule has 5 heteroatoms. The number of nitrogens with two attached hydrogens (primary N) is 1. The van der Waals surface area contributed by atoms with Gasteiger partial charge in [-0.2, -0.15) is 0 Å². The number of hydrogen-bond donors (Lipinski definition) is 3. The van der Waals surface area contributed by atoms with Crippen LogP contribution >= 0.6 is 0 Å². The molecule has 0 spiro atoms. The number of hydrogen-bond acceptors (Lipinski definition) is 3. The van der Waals surface area contributed by atoms with Crippen LogP contribution in [-0.4, -0.2) is 30.9 Å². The minimum atomic E-state index is -0.637. The molecule has 1 rings (SSSR count). The summed E-state index contributed by atoms with van der Waals surface area (Å²) < 4.78 is 0. The number of carbonyl (C=O) groups is 2. The topological polar surface area (TPSA) is 84.2 Å². The molecule has 5 nitrogen and oxygen atoms in total. The summed E-state index contributed by atoms with van der Waals surface area (Å²) in [5.41, 5.74) is 6.76. The van der Waals surface area contributed by atoms with Crippen molar-refractivity contribution >= 4 is 11.8 Å². The molecule has 18 heavy (non-hydrogen) atoms. The lowest BCUT2D eigenvalue weighted by Crippen LogP contribution is -2.45. The summed E-state index contributed by atoms with van der Waals surface area (Å²) in [5, 5.41) is 5.11. The summed E-state index contributed by atoms with van der Waals surface area (Å²) >= 11 is 0. The first-order chi connectivity index (χ1) is 8.63. The zero-order valence-corrected chi connectivity index (χ0v) is 10.5. The number of likely N-dealkylation sites (N-methyl/N-ethyl adjacent to an activating group) is 1. The molecule has 2 amide bonds. The predicted octanol–water partition coefficient (Wildman–Crippen LogP) is -0.191. The molecule has 1 atom stereocenters. The van der Waals surface area contributed by atoms with E-state index in [1.54, 1.807) is 0 Å². The Balaban J connectivity index is 2.35. The maximum absolute atomic E-state index is 11.6. The van der Waals surface area contributed by atoms with E-state index in [0.29, 0.717) is 13.0 Å². The van der Waals surface area contributed by atoms with Crippen LogP contribution < -0.4 is 16.4 Å². The van der Waals surface area contributed by atoms with Crippen molar-refractivity contribution in [2.45, 2.75) is 19.4 Å². The lowest BCUT2D eigenvalue weighted by atomic mass is 10.1. The summed E-state index contributed by atoms with van der Waals surface area (Å²) in [6, 6.07) is 8.89. The van der Waals surface area contributed by atoms with E-state index >= 15 is 0 Å². The van der Waals surface area contributed by atoms with Crippen molar-refractivity contribution in [3.05, 3.63) is 35.9 Å². The van der Waals surface area contributed by atoms with E-state index in [9.17, 15) is 9.59 Å². The standard InChI is InChI=1S/C13H19N3O2/c1-2-15-12(17)9-16-13(18)11(14)8-10-6-4-3-5-7-10/h3-7,11H,2,8-9,14H2,1H3,(H,15,17)(H,16,18)/t11-/m1/s1. The second-order valence-corrected chi connectivity index (χ2v) is 3.97. The largest absolute Gasteiger partial charge is 0.355 e. The Morgan fingerprint density at radius 1 is 1.22 bits per heavy atom. The van der Waals surface area contributed by atoms with Crippen molar-refractivity contribution in [1.82, 2.24) is 10.6 Å². The Bertz CT molecular complexity index is 392. The van der Waals surface area contributed by atoms with Crippen molar-refractivity contribution in [2.75, 3.05) is 13.1 Å². The summed E-state index contributed by atoms with van der Waals surface area (Å²) in [5.74, 6) is -0.525. The SMILES string of the molecule is CCNC(=O)CNC(=O)[C@H](N)Cc1ccccc1. The van der Waals surface area contributed by atoms with Crippen LogP contribution in [0.25, 0.3) is 0 Å². The van der Waals surface area contributed by atoms with E-state index in [0.717, 1.165) is 5.56 Å². The van der Waals surface area contributed by atoms with Crippen LogP contribution in [-0.2, 0) is 16.0 Å². The van der Waals surface area contributed by atoms with Crippen LogP contribution in [0.2, 0.25) is 0 Å². The molecule has 0 saturated carbocycles. The third kappa shape index (κ3) is 4.97. The Morgan fingerprint density at radius 3 is 2.50 bits per heavy atom. The number of amides is 2. The second kappa shape index (κ2) is 7.45. The van der Waals surface area contributed by atoms with E-state index in [1.807, 2.05) is 37.3 Å². The average molecular weight is 249 g/mol. The fraction of sp³-hybridized carbons (Fsp3) is 0.385. The van der Waals surface area contributed by atoms with Crippen LogP contribution in [0.3, 0.4) is 0 Å². The van der Waals surface area contributed by atoms with Crippen LogP contribution in [0, 0.1) is 0 Å². The summed E-state index contributed by atoms with van der Waals surface area (Å²) in [4.78, 5) is 22.8. The Kier molecular flexibility index (Phi) is 5.87. The highest BCUT2D eigenvalue weighted by molar-refractivity contribution is 5.87. The maximum atomic E-state index is 11.6. The van der Waals surface area contributed by atoms with Crippen molar-refractivity contribution in [3.8, 4) is 0 Å². The molecule has 0 aliphatic rings. The third-order valence-electron chi connectivity index (χ3n) is 2.43. The second-order valence-electron chi connectivity index (χ2n) is 3.97. The first kappa shape index (κ1) is 14.2. The van der Waals surface area contributed by atoms with E-state index in [1.165, 1.54) is 0 Å². The molecule has 0 aromatic heterocycles. The highest BCUT2D eigenvalue weighted by atomic mass is 16.2. The molecular formula is C13H19N3O2. The first-order valence-electron chi connectivity index (χ1n) is 5.97. The molecular weight excluding hydrogens is 230 g/mol. The van der Waals surface area contributed by atoms with Gasteiger partial charge in [-0.3, -0.25) is 9.59 Å².